The topological polar surface area (TPSA) is 8.17 Å². The standard InChI is InChI=1S/C39H31BN2Si/c1-43(2,3)29-22-20-27(21-23-29)41(26-12-5-4-6-13-26)28-24-34-31-15-8-10-19-37(31)40-36-18-9-7-14-30(36)32-16-11-17-33-35(25-28)39(34)42(40)38(32)33/h4-25H,1-3H3. The van der Waals surface area contributed by atoms with Gasteiger partial charge >= 0.3 is 6.85 Å². The molecule has 0 saturated carbocycles. The van der Waals surface area contributed by atoms with Crippen LogP contribution in [0.3, 0.4) is 0 Å². The maximum absolute atomic E-state index is 2.64. The van der Waals surface area contributed by atoms with Crippen LogP contribution in [0.2, 0.25) is 19.6 Å². The number of nitrogens with zero attached hydrogens (tertiary/aromatic N) is 2. The van der Waals surface area contributed by atoms with Crippen molar-refractivity contribution >= 4 is 69.9 Å². The zero-order valence-corrected chi connectivity index (χ0v) is 25.7. The monoisotopic (exact) mass is 566 g/mol. The quantitative estimate of drug-likeness (QED) is 0.194. The Morgan fingerprint density at radius 2 is 1.07 bits per heavy atom. The molecule has 2 aliphatic rings. The van der Waals surface area contributed by atoms with Crippen LogP contribution in [0.15, 0.2) is 133 Å². The van der Waals surface area contributed by atoms with Crippen LogP contribution in [0.4, 0.5) is 17.1 Å². The number of aromatic nitrogens is 1. The normalized spacial score (nSPS) is 13.0. The number of para-hydroxylation sites is 2. The van der Waals surface area contributed by atoms with E-state index < -0.39 is 8.07 Å². The van der Waals surface area contributed by atoms with Crippen LogP contribution in [-0.4, -0.2) is 19.4 Å². The first-order valence-electron chi connectivity index (χ1n) is 15.2. The molecule has 0 N–H and O–H groups in total. The van der Waals surface area contributed by atoms with Gasteiger partial charge in [0, 0.05) is 50.0 Å². The molecule has 0 saturated heterocycles. The fourth-order valence-electron chi connectivity index (χ4n) is 7.57. The molecule has 0 radical (unpaired) electrons. The van der Waals surface area contributed by atoms with Crippen molar-refractivity contribution in [3.63, 3.8) is 0 Å². The van der Waals surface area contributed by atoms with Gasteiger partial charge in [-0.15, -0.1) is 0 Å². The molecular formula is C39H31BN2Si. The fourth-order valence-corrected chi connectivity index (χ4v) is 8.73. The average Bonchev–Trinajstić information content (AvgIpc) is 3.37. The summed E-state index contributed by atoms with van der Waals surface area (Å²) in [6.45, 7) is 7.40. The molecule has 0 amide bonds. The van der Waals surface area contributed by atoms with Crippen molar-refractivity contribution in [1.82, 2.24) is 4.48 Å². The van der Waals surface area contributed by atoms with Gasteiger partial charge in [0.25, 0.3) is 0 Å². The summed E-state index contributed by atoms with van der Waals surface area (Å²) in [4.78, 5) is 2.43. The maximum Gasteiger partial charge on any atom is 0.329 e. The zero-order chi connectivity index (χ0) is 28.9. The first kappa shape index (κ1) is 24.8. The molecule has 2 nitrogen and oxygen atoms in total. The summed E-state index contributed by atoms with van der Waals surface area (Å²) < 4.78 is 2.64. The van der Waals surface area contributed by atoms with E-state index in [0.717, 1.165) is 5.69 Å². The molecule has 4 heteroatoms. The predicted octanol–water partition coefficient (Wildman–Crippen LogP) is 8.42. The van der Waals surface area contributed by atoms with Gasteiger partial charge in [-0.1, -0.05) is 122 Å². The number of anilines is 3. The summed E-state index contributed by atoms with van der Waals surface area (Å²) in [6.07, 6.45) is 0. The Hall–Kier alpha value is -4.80. The number of fused-ring (bicyclic) bond motifs is 7. The number of hydrogen-bond donors (Lipinski definition) is 0. The highest BCUT2D eigenvalue weighted by molar-refractivity contribution is 6.89. The van der Waals surface area contributed by atoms with Crippen molar-refractivity contribution in [3.8, 4) is 22.3 Å². The van der Waals surface area contributed by atoms with E-state index in [1.54, 1.807) is 0 Å². The Morgan fingerprint density at radius 1 is 0.488 bits per heavy atom. The van der Waals surface area contributed by atoms with Crippen LogP contribution in [0.25, 0.3) is 44.1 Å². The minimum atomic E-state index is -1.41. The van der Waals surface area contributed by atoms with Gasteiger partial charge in [0.05, 0.1) is 8.07 Å². The third-order valence-corrected chi connectivity index (χ3v) is 11.6. The largest absolute Gasteiger partial charge is 0.375 e. The minimum Gasteiger partial charge on any atom is -0.375 e. The van der Waals surface area contributed by atoms with E-state index in [-0.39, 0.29) is 6.85 Å². The Morgan fingerprint density at radius 3 is 1.77 bits per heavy atom. The fraction of sp³-hybridized carbons (Fsp3) is 0.0769. The van der Waals surface area contributed by atoms with Gasteiger partial charge in [-0.05, 0) is 58.5 Å². The Bertz CT molecular complexity index is 2230. The van der Waals surface area contributed by atoms with Crippen molar-refractivity contribution in [2.24, 2.45) is 0 Å². The molecule has 0 unspecified atom stereocenters. The van der Waals surface area contributed by atoms with Crippen LogP contribution >= 0.6 is 0 Å². The van der Waals surface area contributed by atoms with Crippen LogP contribution in [0, 0.1) is 0 Å². The number of rotatable bonds is 4. The molecule has 0 bridgehead atoms. The summed E-state index contributed by atoms with van der Waals surface area (Å²) in [7, 11) is -1.41. The lowest BCUT2D eigenvalue weighted by Crippen LogP contribution is -2.53. The second-order valence-corrected chi connectivity index (χ2v) is 18.1. The van der Waals surface area contributed by atoms with E-state index >= 15 is 0 Å². The highest BCUT2D eigenvalue weighted by atomic mass is 28.3. The van der Waals surface area contributed by atoms with Crippen molar-refractivity contribution in [1.29, 1.82) is 0 Å². The van der Waals surface area contributed by atoms with Crippen molar-refractivity contribution < 1.29 is 0 Å². The molecule has 0 atom stereocenters. The van der Waals surface area contributed by atoms with Crippen LogP contribution in [0.1, 0.15) is 0 Å². The van der Waals surface area contributed by atoms with E-state index in [1.165, 1.54) is 71.5 Å². The van der Waals surface area contributed by atoms with Gasteiger partial charge in [0.2, 0.25) is 0 Å². The summed E-state index contributed by atoms with van der Waals surface area (Å²) in [5.74, 6) is 0. The van der Waals surface area contributed by atoms with E-state index in [9.17, 15) is 0 Å². The minimum absolute atomic E-state index is 0.167. The summed E-state index contributed by atoms with van der Waals surface area (Å²) in [5.41, 5.74) is 14.3. The first-order valence-corrected chi connectivity index (χ1v) is 18.7. The van der Waals surface area contributed by atoms with Crippen LogP contribution in [0.5, 0.6) is 0 Å². The SMILES string of the molecule is C[Si](C)(C)c1ccc(N(c2ccccc2)c2cc3c4c(c2)c2cccc5c2n4B(c2ccccc2-5)c2ccccc2-3)cc1. The van der Waals surface area contributed by atoms with Gasteiger partial charge in [0.15, 0.2) is 0 Å². The van der Waals surface area contributed by atoms with Crippen molar-refractivity contribution in [3.05, 3.63) is 133 Å². The lowest BCUT2D eigenvalue weighted by molar-refractivity contribution is 1.28. The molecular weight excluding hydrogens is 535 g/mol. The van der Waals surface area contributed by atoms with E-state index in [2.05, 4.69) is 162 Å². The molecule has 6 aromatic carbocycles. The average molecular weight is 567 g/mol. The van der Waals surface area contributed by atoms with Gasteiger partial charge in [-0.2, -0.15) is 0 Å². The lowest BCUT2D eigenvalue weighted by Gasteiger charge is -2.33. The molecule has 43 heavy (non-hydrogen) atoms. The van der Waals surface area contributed by atoms with Crippen LogP contribution < -0.4 is 21.0 Å². The zero-order valence-electron chi connectivity index (χ0n) is 24.7. The third-order valence-electron chi connectivity index (χ3n) is 9.52. The molecule has 3 heterocycles. The molecule has 9 rings (SSSR count). The van der Waals surface area contributed by atoms with Crippen molar-refractivity contribution in [2.45, 2.75) is 19.6 Å². The van der Waals surface area contributed by atoms with Crippen LogP contribution in [-0.2, 0) is 0 Å². The van der Waals surface area contributed by atoms with E-state index in [1.807, 2.05) is 0 Å². The summed E-state index contributed by atoms with van der Waals surface area (Å²) in [5, 5.41) is 4.12. The molecule has 0 fully saturated rings. The molecule has 2 aliphatic heterocycles. The first-order chi connectivity index (χ1) is 21.0. The molecule has 7 aromatic rings. The second kappa shape index (κ2) is 8.86. The van der Waals surface area contributed by atoms with E-state index in [0.29, 0.717) is 0 Å². The van der Waals surface area contributed by atoms with Gasteiger partial charge in [-0.3, -0.25) is 0 Å². The Kier molecular flexibility index (Phi) is 5.10. The highest BCUT2D eigenvalue weighted by Gasteiger charge is 2.39. The van der Waals surface area contributed by atoms with Crippen molar-refractivity contribution in [2.75, 3.05) is 4.90 Å². The molecule has 204 valence electrons. The lowest BCUT2D eigenvalue weighted by atomic mass is 9.45. The number of hydrogen-bond acceptors (Lipinski definition) is 1. The molecule has 1 aromatic heterocycles. The maximum atomic E-state index is 2.64. The number of benzene rings is 6. The Balaban J connectivity index is 1.38. The van der Waals surface area contributed by atoms with Gasteiger partial charge in [0.1, 0.15) is 0 Å². The van der Waals surface area contributed by atoms with E-state index in [4.69, 9.17) is 0 Å². The highest BCUT2D eigenvalue weighted by Crippen LogP contribution is 2.47. The third kappa shape index (κ3) is 3.47. The predicted molar refractivity (Wildman–Crippen MR) is 188 cm³/mol. The van der Waals surface area contributed by atoms with Gasteiger partial charge < -0.3 is 9.38 Å². The summed E-state index contributed by atoms with van der Waals surface area (Å²) >= 11 is 0. The van der Waals surface area contributed by atoms with Gasteiger partial charge in [-0.25, -0.2) is 0 Å². The molecule has 0 aliphatic carbocycles. The summed E-state index contributed by atoms with van der Waals surface area (Å²) in [6, 6.07) is 49.9. The smallest absolute Gasteiger partial charge is 0.329 e. The second-order valence-electron chi connectivity index (χ2n) is 13.0. The molecule has 0 spiro atoms. The Labute approximate surface area is 254 Å².